The van der Waals surface area contributed by atoms with Crippen LogP contribution in [0.4, 0.5) is 0 Å². The second-order valence-corrected chi connectivity index (χ2v) is 8.32. The third-order valence-electron chi connectivity index (χ3n) is 6.24. The second-order valence-electron chi connectivity index (χ2n) is 7.91. The Labute approximate surface area is 137 Å². The summed E-state index contributed by atoms with van der Waals surface area (Å²) in [5.41, 5.74) is 0.937. The van der Waals surface area contributed by atoms with Crippen LogP contribution in [0.25, 0.3) is 0 Å². The third kappa shape index (κ3) is 2.36. The van der Waals surface area contributed by atoms with Gasteiger partial charge in [0.15, 0.2) is 0 Å². The number of amides is 1. The summed E-state index contributed by atoms with van der Waals surface area (Å²) in [6.45, 7) is 2.04. The van der Waals surface area contributed by atoms with Gasteiger partial charge in [0, 0.05) is 10.4 Å². The number of rotatable bonds is 3. The van der Waals surface area contributed by atoms with Crippen molar-refractivity contribution in [1.82, 2.24) is 5.32 Å². The minimum absolute atomic E-state index is 0.0193. The minimum atomic E-state index is -0.0791. The van der Waals surface area contributed by atoms with Gasteiger partial charge in [0.05, 0.1) is 6.04 Å². The van der Waals surface area contributed by atoms with Gasteiger partial charge in [-0.3, -0.25) is 4.79 Å². The molecule has 1 atom stereocenters. The molecular formula is C19H24ClNO. The first-order valence-corrected chi connectivity index (χ1v) is 8.99. The Kier molecular flexibility index (Phi) is 3.48. The lowest BCUT2D eigenvalue weighted by Crippen LogP contribution is -2.53. The summed E-state index contributed by atoms with van der Waals surface area (Å²) in [6.07, 6.45) is 7.44. The summed E-state index contributed by atoms with van der Waals surface area (Å²) in [5, 5.41) is 4.01. The number of halogens is 1. The van der Waals surface area contributed by atoms with Crippen LogP contribution >= 0.6 is 11.6 Å². The number of nitrogens with one attached hydrogen (secondary N) is 1. The molecular weight excluding hydrogens is 294 g/mol. The normalized spacial score (nSPS) is 37.1. The van der Waals surface area contributed by atoms with Gasteiger partial charge in [-0.1, -0.05) is 29.8 Å². The van der Waals surface area contributed by atoms with Crippen LogP contribution in [0.5, 0.6) is 0 Å². The van der Waals surface area contributed by atoms with E-state index < -0.39 is 0 Å². The maximum Gasteiger partial charge on any atom is 0.226 e. The zero-order valence-electron chi connectivity index (χ0n) is 13.1. The average molecular weight is 318 g/mol. The van der Waals surface area contributed by atoms with Crippen LogP contribution in [0, 0.1) is 23.2 Å². The fraction of sp³-hybridized carbons (Fsp3) is 0.632. The first-order valence-electron chi connectivity index (χ1n) is 8.61. The Hall–Kier alpha value is -1.02. The summed E-state index contributed by atoms with van der Waals surface area (Å²) >= 11 is 6.27. The van der Waals surface area contributed by atoms with Crippen molar-refractivity contribution < 1.29 is 4.79 Å². The quantitative estimate of drug-likeness (QED) is 0.857. The van der Waals surface area contributed by atoms with Gasteiger partial charge in [-0.2, -0.15) is 0 Å². The van der Waals surface area contributed by atoms with Crippen LogP contribution in [0.1, 0.15) is 57.1 Å². The lowest BCUT2D eigenvalue weighted by atomic mass is 9.49. The SMILES string of the molecule is CC(NC(=O)C12CC3CC(CC(C3)C1)C2)c1ccccc1Cl. The molecule has 0 saturated heterocycles. The summed E-state index contributed by atoms with van der Waals surface area (Å²) in [4.78, 5) is 13.0. The van der Waals surface area contributed by atoms with Crippen molar-refractivity contribution in [1.29, 1.82) is 0 Å². The molecule has 4 bridgehead atoms. The summed E-state index contributed by atoms with van der Waals surface area (Å²) in [7, 11) is 0. The van der Waals surface area contributed by atoms with E-state index in [0.717, 1.165) is 47.6 Å². The fourth-order valence-corrected chi connectivity index (χ4v) is 5.94. The summed E-state index contributed by atoms with van der Waals surface area (Å²) in [5.74, 6) is 2.67. The van der Waals surface area contributed by atoms with E-state index in [4.69, 9.17) is 11.6 Å². The largest absolute Gasteiger partial charge is 0.349 e. The van der Waals surface area contributed by atoms with E-state index in [0.29, 0.717) is 0 Å². The number of carbonyl (C=O) groups is 1. The molecule has 0 aromatic heterocycles. The summed E-state index contributed by atoms with van der Waals surface area (Å²) < 4.78 is 0. The number of benzene rings is 1. The van der Waals surface area contributed by atoms with Crippen molar-refractivity contribution >= 4 is 17.5 Å². The van der Waals surface area contributed by atoms with Gasteiger partial charge in [-0.15, -0.1) is 0 Å². The lowest BCUT2D eigenvalue weighted by Gasteiger charge is -2.55. The smallest absolute Gasteiger partial charge is 0.226 e. The topological polar surface area (TPSA) is 29.1 Å². The molecule has 4 aliphatic rings. The van der Waals surface area contributed by atoms with Gasteiger partial charge in [0.1, 0.15) is 0 Å². The number of hydrogen-bond acceptors (Lipinski definition) is 1. The lowest BCUT2D eigenvalue weighted by molar-refractivity contribution is -0.147. The average Bonchev–Trinajstić information content (AvgIpc) is 2.46. The van der Waals surface area contributed by atoms with Gasteiger partial charge >= 0.3 is 0 Å². The zero-order chi connectivity index (χ0) is 15.3. The Bertz CT molecular complexity index is 562. The van der Waals surface area contributed by atoms with Gasteiger partial charge in [-0.25, -0.2) is 0 Å². The van der Waals surface area contributed by atoms with E-state index in [9.17, 15) is 4.79 Å². The van der Waals surface area contributed by atoms with E-state index in [1.54, 1.807) is 0 Å². The molecule has 0 spiro atoms. The highest BCUT2D eigenvalue weighted by atomic mass is 35.5. The molecule has 0 radical (unpaired) electrons. The molecule has 1 unspecified atom stereocenters. The fourth-order valence-electron chi connectivity index (χ4n) is 5.64. The zero-order valence-corrected chi connectivity index (χ0v) is 13.9. The molecule has 5 rings (SSSR count). The maximum atomic E-state index is 13.0. The molecule has 4 fully saturated rings. The van der Waals surface area contributed by atoms with Crippen molar-refractivity contribution in [2.24, 2.45) is 23.2 Å². The molecule has 22 heavy (non-hydrogen) atoms. The highest BCUT2D eigenvalue weighted by Gasteiger charge is 2.54. The Balaban J connectivity index is 1.52. The predicted molar refractivity (Wildman–Crippen MR) is 88.6 cm³/mol. The maximum absolute atomic E-state index is 13.0. The van der Waals surface area contributed by atoms with E-state index in [-0.39, 0.29) is 17.4 Å². The molecule has 4 saturated carbocycles. The van der Waals surface area contributed by atoms with E-state index in [1.165, 1.54) is 19.3 Å². The van der Waals surface area contributed by atoms with Gasteiger partial charge in [0.2, 0.25) is 5.91 Å². The Morgan fingerprint density at radius 2 is 1.68 bits per heavy atom. The van der Waals surface area contributed by atoms with Gasteiger partial charge < -0.3 is 5.32 Å². The molecule has 0 aliphatic heterocycles. The standard InChI is InChI=1S/C19H24ClNO/c1-12(16-4-2-3-5-17(16)20)21-18(22)19-9-13-6-14(10-19)8-15(7-13)11-19/h2-5,12-15H,6-11H2,1H3,(H,21,22). The van der Waals surface area contributed by atoms with Crippen molar-refractivity contribution in [2.75, 3.05) is 0 Å². The van der Waals surface area contributed by atoms with E-state index in [2.05, 4.69) is 5.32 Å². The van der Waals surface area contributed by atoms with Gasteiger partial charge in [0.25, 0.3) is 0 Å². The third-order valence-corrected chi connectivity index (χ3v) is 6.58. The first kappa shape index (κ1) is 14.6. The van der Waals surface area contributed by atoms with Crippen LogP contribution in [0.2, 0.25) is 5.02 Å². The molecule has 3 heteroatoms. The first-order chi connectivity index (χ1) is 10.6. The van der Waals surface area contributed by atoms with Crippen molar-refractivity contribution in [3.8, 4) is 0 Å². The molecule has 118 valence electrons. The van der Waals surface area contributed by atoms with Gasteiger partial charge in [-0.05, 0) is 74.8 Å². The molecule has 4 aliphatic carbocycles. The van der Waals surface area contributed by atoms with Crippen LogP contribution in [0.3, 0.4) is 0 Å². The van der Waals surface area contributed by atoms with E-state index in [1.807, 2.05) is 31.2 Å². The van der Waals surface area contributed by atoms with E-state index >= 15 is 0 Å². The molecule has 1 N–H and O–H groups in total. The highest BCUT2D eigenvalue weighted by molar-refractivity contribution is 6.31. The van der Waals surface area contributed by atoms with Crippen molar-refractivity contribution in [3.63, 3.8) is 0 Å². The highest BCUT2D eigenvalue weighted by Crippen LogP contribution is 2.60. The monoisotopic (exact) mass is 317 g/mol. The number of hydrogen-bond donors (Lipinski definition) is 1. The van der Waals surface area contributed by atoms with Crippen molar-refractivity contribution in [3.05, 3.63) is 34.9 Å². The second kappa shape index (κ2) is 5.26. The predicted octanol–water partition coefficient (Wildman–Crippen LogP) is 4.73. The molecule has 2 nitrogen and oxygen atoms in total. The summed E-state index contributed by atoms with van der Waals surface area (Å²) in [6, 6.07) is 7.79. The minimum Gasteiger partial charge on any atom is -0.349 e. The molecule has 1 aromatic rings. The molecule has 1 aromatic carbocycles. The van der Waals surface area contributed by atoms with Crippen LogP contribution in [0.15, 0.2) is 24.3 Å². The Morgan fingerprint density at radius 1 is 1.14 bits per heavy atom. The molecule has 1 amide bonds. The van der Waals surface area contributed by atoms with Crippen LogP contribution in [-0.2, 0) is 4.79 Å². The van der Waals surface area contributed by atoms with Crippen molar-refractivity contribution in [2.45, 2.75) is 51.5 Å². The van der Waals surface area contributed by atoms with Crippen LogP contribution < -0.4 is 5.32 Å². The number of carbonyl (C=O) groups excluding carboxylic acids is 1. The molecule has 0 heterocycles. The Morgan fingerprint density at radius 3 is 2.23 bits per heavy atom. The van der Waals surface area contributed by atoms with Crippen LogP contribution in [-0.4, -0.2) is 5.91 Å².